The summed E-state index contributed by atoms with van der Waals surface area (Å²) in [5.74, 6) is -0.865. The zero-order chi connectivity index (χ0) is 27.4. The highest BCUT2D eigenvalue weighted by Gasteiger charge is 2.42. The number of anilines is 3. The lowest BCUT2D eigenvalue weighted by Crippen LogP contribution is -2.46. The number of aromatic nitrogens is 2. The number of oxazole rings is 1. The lowest BCUT2D eigenvalue weighted by Gasteiger charge is -2.34. The fourth-order valence-corrected chi connectivity index (χ4v) is 5.65. The van der Waals surface area contributed by atoms with Gasteiger partial charge in [-0.15, -0.1) is 0 Å². The van der Waals surface area contributed by atoms with Crippen LogP contribution in [-0.4, -0.2) is 54.0 Å². The van der Waals surface area contributed by atoms with Crippen LogP contribution in [0.3, 0.4) is 0 Å². The first-order valence-electron chi connectivity index (χ1n) is 13.9. The molecule has 4 heterocycles. The van der Waals surface area contributed by atoms with Gasteiger partial charge in [0.1, 0.15) is 5.82 Å². The van der Waals surface area contributed by atoms with E-state index >= 15 is 0 Å². The number of pyridine rings is 1. The Balaban J connectivity index is 1.17. The van der Waals surface area contributed by atoms with E-state index in [4.69, 9.17) is 4.42 Å². The molecule has 0 bridgehead atoms. The van der Waals surface area contributed by atoms with E-state index in [0.717, 1.165) is 70.9 Å². The smallest absolute Gasteiger partial charge is 0.417 e. The topological polar surface area (TPSA) is 104 Å². The number of nitrogens with one attached hydrogen (secondary N) is 2. The lowest BCUT2D eigenvalue weighted by molar-refractivity contribution is -0.141. The van der Waals surface area contributed by atoms with Gasteiger partial charge in [-0.1, -0.05) is 19.3 Å². The molecule has 2 amide bonds. The van der Waals surface area contributed by atoms with Gasteiger partial charge in [0.2, 0.25) is 11.7 Å². The maximum atomic E-state index is 13.6. The van der Waals surface area contributed by atoms with Crippen molar-refractivity contribution in [3.8, 4) is 0 Å². The Hall–Kier alpha value is -3.31. The second-order valence-electron chi connectivity index (χ2n) is 10.7. The normalized spacial score (nSPS) is 19.7. The second kappa shape index (κ2) is 11.8. The van der Waals surface area contributed by atoms with Crippen LogP contribution < -0.4 is 20.4 Å². The molecule has 39 heavy (non-hydrogen) atoms. The van der Waals surface area contributed by atoms with E-state index in [1.165, 1.54) is 12.6 Å². The van der Waals surface area contributed by atoms with Gasteiger partial charge in [-0.2, -0.15) is 18.2 Å². The van der Waals surface area contributed by atoms with Gasteiger partial charge in [0.05, 0.1) is 11.9 Å². The maximum Gasteiger partial charge on any atom is 0.437 e. The fourth-order valence-electron chi connectivity index (χ4n) is 5.65. The zero-order valence-corrected chi connectivity index (χ0v) is 21.9. The first-order chi connectivity index (χ1) is 18.8. The van der Waals surface area contributed by atoms with Crippen molar-refractivity contribution in [3.63, 3.8) is 0 Å². The number of alkyl halides is 3. The molecule has 12 heteroatoms. The summed E-state index contributed by atoms with van der Waals surface area (Å²) < 4.78 is 46.2. The largest absolute Gasteiger partial charge is 0.437 e. The molecule has 2 aliphatic heterocycles. The first kappa shape index (κ1) is 27.3. The summed E-state index contributed by atoms with van der Waals surface area (Å²) >= 11 is 0. The number of amides is 2. The number of piperidine rings is 2. The summed E-state index contributed by atoms with van der Waals surface area (Å²) in [6.07, 6.45) is 6.28. The third-order valence-corrected chi connectivity index (χ3v) is 7.86. The van der Waals surface area contributed by atoms with E-state index in [1.807, 2.05) is 0 Å². The number of carbonyl (C=O) groups excluding carboxylic acids is 2. The number of nitrogens with zero attached hydrogens (tertiary/aromatic N) is 4. The molecule has 3 fully saturated rings. The van der Waals surface area contributed by atoms with Crippen molar-refractivity contribution in [3.05, 3.63) is 29.8 Å². The average molecular weight is 549 g/mol. The van der Waals surface area contributed by atoms with Crippen LogP contribution in [0.1, 0.15) is 80.5 Å². The Morgan fingerprint density at radius 3 is 2.23 bits per heavy atom. The second-order valence-corrected chi connectivity index (χ2v) is 10.7. The van der Waals surface area contributed by atoms with Gasteiger partial charge >= 0.3 is 6.18 Å². The van der Waals surface area contributed by atoms with Gasteiger partial charge in [0.25, 0.3) is 11.9 Å². The summed E-state index contributed by atoms with van der Waals surface area (Å²) in [7, 11) is 0. The minimum Gasteiger partial charge on any atom is -0.417 e. The third kappa shape index (κ3) is 6.65. The number of halogens is 3. The number of rotatable bonds is 6. The quantitative estimate of drug-likeness (QED) is 0.524. The van der Waals surface area contributed by atoms with Crippen molar-refractivity contribution in [2.24, 2.45) is 5.92 Å². The molecular formula is C27H35F3N6O3. The summed E-state index contributed by atoms with van der Waals surface area (Å²) in [6, 6.07) is 3.29. The molecule has 2 aromatic rings. The minimum absolute atomic E-state index is 0.140. The van der Waals surface area contributed by atoms with Crippen LogP contribution in [0, 0.1) is 5.92 Å². The predicted octanol–water partition coefficient (Wildman–Crippen LogP) is 5.00. The summed E-state index contributed by atoms with van der Waals surface area (Å²) in [6.45, 7) is 2.52. The maximum absolute atomic E-state index is 13.6. The Labute approximate surface area is 225 Å². The molecular weight excluding hydrogens is 513 g/mol. The van der Waals surface area contributed by atoms with Gasteiger partial charge in [-0.3, -0.25) is 9.59 Å². The van der Waals surface area contributed by atoms with Crippen LogP contribution in [0.5, 0.6) is 0 Å². The molecule has 5 rings (SSSR count). The molecule has 0 spiro atoms. The predicted molar refractivity (Wildman–Crippen MR) is 140 cm³/mol. The lowest BCUT2D eigenvalue weighted by atomic mass is 9.88. The van der Waals surface area contributed by atoms with E-state index in [0.29, 0.717) is 18.9 Å². The highest BCUT2D eigenvalue weighted by Crippen LogP contribution is 2.35. The Bertz CT molecular complexity index is 1130. The molecule has 0 atom stereocenters. The molecule has 1 aliphatic carbocycles. The van der Waals surface area contributed by atoms with Gasteiger partial charge in [-0.05, 0) is 57.1 Å². The highest BCUT2D eigenvalue weighted by molar-refractivity contribution is 6.03. The first-order valence-corrected chi connectivity index (χ1v) is 13.9. The Morgan fingerprint density at radius 2 is 1.59 bits per heavy atom. The third-order valence-electron chi connectivity index (χ3n) is 7.86. The van der Waals surface area contributed by atoms with Crippen LogP contribution in [-0.2, 0) is 11.0 Å². The van der Waals surface area contributed by atoms with Gasteiger partial charge in [0, 0.05) is 38.1 Å². The standard InChI is InChI=1S/C27H35F3N6O3/c28-27(29,30)23-22(39-26(34-23)36-13-5-2-6-14-36)25(38)33-20-9-10-21(31-17-20)35-15-11-19(12-16-35)32-24(37)18-7-3-1-4-8-18/h9-10,17-19H,1-8,11-16H2,(H,32,37)(H,33,38). The van der Waals surface area contributed by atoms with Gasteiger partial charge in [-0.25, -0.2) is 4.98 Å². The Kier molecular flexibility index (Phi) is 8.27. The van der Waals surface area contributed by atoms with Crippen molar-refractivity contribution in [1.82, 2.24) is 15.3 Å². The van der Waals surface area contributed by atoms with Crippen LogP contribution in [0.25, 0.3) is 0 Å². The van der Waals surface area contributed by atoms with Crippen molar-refractivity contribution >= 4 is 29.3 Å². The monoisotopic (exact) mass is 548 g/mol. The molecule has 3 aliphatic rings. The number of carbonyl (C=O) groups is 2. The molecule has 2 aromatic heterocycles. The van der Waals surface area contributed by atoms with Crippen molar-refractivity contribution < 1.29 is 27.2 Å². The molecule has 0 unspecified atom stereocenters. The summed E-state index contributed by atoms with van der Waals surface area (Å²) in [4.78, 5) is 37.1. The van der Waals surface area contributed by atoms with Crippen molar-refractivity contribution in [2.75, 3.05) is 41.3 Å². The van der Waals surface area contributed by atoms with E-state index in [9.17, 15) is 22.8 Å². The molecule has 2 saturated heterocycles. The van der Waals surface area contributed by atoms with E-state index in [-0.39, 0.29) is 29.6 Å². The summed E-state index contributed by atoms with van der Waals surface area (Å²) in [5.41, 5.74) is -1.08. The average Bonchev–Trinajstić information content (AvgIpc) is 3.42. The van der Waals surface area contributed by atoms with Gasteiger partial charge in [0.15, 0.2) is 5.69 Å². The van der Waals surface area contributed by atoms with Crippen molar-refractivity contribution in [2.45, 2.75) is 76.4 Å². The molecule has 212 valence electrons. The summed E-state index contributed by atoms with van der Waals surface area (Å²) in [5, 5.41) is 5.67. The molecule has 1 saturated carbocycles. The van der Waals surface area contributed by atoms with Crippen LogP contribution in [0.15, 0.2) is 22.7 Å². The van der Waals surface area contributed by atoms with Crippen molar-refractivity contribution in [1.29, 1.82) is 0 Å². The van der Waals surface area contributed by atoms with Gasteiger partial charge < -0.3 is 24.9 Å². The molecule has 0 aromatic carbocycles. The number of hydrogen-bond acceptors (Lipinski definition) is 7. The SMILES string of the molecule is O=C(Nc1ccc(N2CCC(NC(=O)C3CCCCC3)CC2)nc1)c1oc(N2CCCCC2)nc1C(F)(F)F. The molecule has 2 N–H and O–H groups in total. The highest BCUT2D eigenvalue weighted by atomic mass is 19.4. The number of hydrogen-bond donors (Lipinski definition) is 2. The zero-order valence-electron chi connectivity index (χ0n) is 21.9. The van der Waals surface area contributed by atoms with Crippen LogP contribution in [0.2, 0.25) is 0 Å². The van der Waals surface area contributed by atoms with E-state index < -0.39 is 23.5 Å². The molecule has 0 radical (unpaired) electrons. The Morgan fingerprint density at radius 1 is 0.897 bits per heavy atom. The van der Waals surface area contributed by atoms with E-state index in [1.54, 1.807) is 17.0 Å². The van der Waals surface area contributed by atoms with Crippen LogP contribution in [0.4, 0.5) is 30.7 Å². The van der Waals surface area contributed by atoms with E-state index in [2.05, 4.69) is 25.5 Å². The molecule has 9 nitrogen and oxygen atoms in total. The minimum atomic E-state index is -4.83. The fraction of sp³-hybridized carbons (Fsp3) is 0.630. The van der Waals surface area contributed by atoms with Crippen LogP contribution >= 0.6 is 0 Å².